The molecule has 6 nitrogen and oxygen atoms in total. The lowest BCUT2D eigenvalue weighted by Gasteiger charge is -2.33. The van der Waals surface area contributed by atoms with Gasteiger partial charge in [0.05, 0.1) is 0 Å². The summed E-state index contributed by atoms with van der Waals surface area (Å²) >= 11 is 0. The molecule has 2 aromatic rings. The first-order chi connectivity index (χ1) is 12.9. The van der Waals surface area contributed by atoms with E-state index in [4.69, 9.17) is 0 Å². The standard InChI is InChI=1S/C20H26FN5O/c1-13-22-18(12-19(23-13)26(2)3)24-16-9-4-5-10-17(16)25-20(27)14-7-6-8-15(21)11-14/h6-8,11-12,16-17H,4-5,9-10H2,1-3H3,(H,25,27)(H,22,23,24). The zero-order valence-corrected chi connectivity index (χ0v) is 16.0. The Labute approximate surface area is 159 Å². The number of halogens is 1. The average Bonchev–Trinajstić information content (AvgIpc) is 2.63. The van der Waals surface area contributed by atoms with Crippen LogP contribution in [0, 0.1) is 12.7 Å². The number of aryl methyl sites for hydroxylation is 1. The topological polar surface area (TPSA) is 70.2 Å². The molecule has 3 rings (SSSR count). The van der Waals surface area contributed by atoms with Crippen molar-refractivity contribution in [2.45, 2.75) is 44.7 Å². The normalized spacial score (nSPS) is 19.4. The Kier molecular flexibility index (Phi) is 5.88. The molecule has 27 heavy (non-hydrogen) atoms. The predicted molar refractivity (Wildman–Crippen MR) is 105 cm³/mol. The highest BCUT2D eigenvalue weighted by molar-refractivity contribution is 5.94. The van der Waals surface area contributed by atoms with Gasteiger partial charge in [-0.05, 0) is 38.0 Å². The summed E-state index contributed by atoms with van der Waals surface area (Å²) in [6.07, 6.45) is 3.96. The molecule has 1 saturated carbocycles. The number of anilines is 2. The quantitative estimate of drug-likeness (QED) is 0.845. The summed E-state index contributed by atoms with van der Waals surface area (Å²) in [4.78, 5) is 23.4. The molecule has 0 bridgehead atoms. The lowest BCUT2D eigenvalue weighted by molar-refractivity contribution is 0.0923. The van der Waals surface area contributed by atoms with Crippen molar-refractivity contribution < 1.29 is 9.18 Å². The van der Waals surface area contributed by atoms with E-state index in [0.717, 1.165) is 37.3 Å². The number of hydrogen-bond donors (Lipinski definition) is 2. The summed E-state index contributed by atoms with van der Waals surface area (Å²) < 4.78 is 13.4. The van der Waals surface area contributed by atoms with E-state index in [-0.39, 0.29) is 18.0 Å². The van der Waals surface area contributed by atoms with Crippen LogP contribution in [0.4, 0.5) is 16.0 Å². The monoisotopic (exact) mass is 371 g/mol. The smallest absolute Gasteiger partial charge is 0.251 e. The molecule has 1 heterocycles. The molecule has 0 saturated heterocycles. The van der Waals surface area contributed by atoms with Gasteiger partial charge in [-0.1, -0.05) is 18.9 Å². The number of hydrogen-bond acceptors (Lipinski definition) is 5. The summed E-state index contributed by atoms with van der Waals surface area (Å²) in [5.74, 6) is 1.62. The zero-order chi connectivity index (χ0) is 19.4. The zero-order valence-electron chi connectivity index (χ0n) is 16.0. The van der Waals surface area contributed by atoms with E-state index in [2.05, 4.69) is 20.6 Å². The Morgan fingerprint density at radius 2 is 1.89 bits per heavy atom. The molecule has 2 N–H and O–H groups in total. The molecule has 0 spiro atoms. The third kappa shape index (κ3) is 4.93. The van der Waals surface area contributed by atoms with Crippen LogP contribution in [-0.2, 0) is 0 Å². The van der Waals surface area contributed by atoms with Gasteiger partial charge >= 0.3 is 0 Å². The molecular formula is C20H26FN5O. The Bertz CT molecular complexity index is 811. The highest BCUT2D eigenvalue weighted by Gasteiger charge is 2.27. The van der Waals surface area contributed by atoms with Gasteiger partial charge in [-0.25, -0.2) is 14.4 Å². The lowest BCUT2D eigenvalue weighted by Crippen LogP contribution is -2.48. The summed E-state index contributed by atoms with van der Waals surface area (Å²) in [5, 5.41) is 6.53. The van der Waals surface area contributed by atoms with Crippen LogP contribution in [0.5, 0.6) is 0 Å². The van der Waals surface area contributed by atoms with Crippen molar-refractivity contribution in [3.8, 4) is 0 Å². The number of rotatable bonds is 5. The largest absolute Gasteiger partial charge is 0.365 e. The number of nitrogens with one attached hydrogen (secondary N) is 2. The lowest BCUT2D eigenvalue weighted by atomic mass is 9.90. The van der Waals surface area contributed by atoms with Crippen molar-refractivity contribution >= 4 is 17.5 Å². The van der Waals surface area contributed by atoms with Gasteiger partial charge in [0.1, 0.15) is 23.3 Å². The Morgan fingerprint density at radius 1 is 1.15 bits per heavy atom. The minimum atomic E-state index is -0.409. The van der Waals surface area contributed by atoms with Crippen LogP contribution < -0.4 is 15.5 Å². The third-order valence-electron chi connectivity index (χ3n) is 4.79. The number of carbonyl (C=O) groups is 1. The van der Waals surface area contributed by atoms with E-state index in [0.29, 0.717) is 11.4 Å². The maximum absolute atomic E-state index is 13.4. The molecule has 1 aliphatic carbocycles. The molecule has 144 valence electrons. The van der Waals surface area contributed by atoms with E-state index < -0.39 is 5.82 Å². The van der Waals surface area contributed by atoms with Crippen LogP contribution in [-0.4, -0.2) is 42.1 Å². The second-order valence-corrected chi connectivity index (χ2v) is 7.18. The first kappa shape index (κ1) is 19.1. The number of nitrogens with zero attached hydrogens (tertiary/aromatic N) is 3. The van der Waals surface area contributed by atoms with Crippen molar-refractivity contribution in [1.29, 1.82) is 0 Å². The average molecular weight is 371 g/mol. The fraction of sp³-hybridized carbons (Fsp3) is 0.450. The number of amides is 1. The second kappa shape index (κ2) is 8.33. The highest BCUT2D eigenvalue weighted by atomic mass is 19.1. The molecule has 1 aliphatic rings. The fourth-order valence-corrected chi connectivity index (χ4v) is 3.40. The van der Waals surface area contributed by atoms with Crippen molar-refractivity contribution in [1.82, 2.24) is 15.3 Å². The van der Waals surface area contributed by atoms with Crippen molar-refractivity contribution in [2.24, 2.45) is 0 Å². The molecule has 0 radical (unpaired) electrons. The van der Waals surface area contributed by atoms with Gasteiger partial charge in [-0.15, -0.1) is 0 Å². The number of aromatic nitrogens is 2. The van der Waals surface area contributed by atoms with E-state index in [1.807, 2.05) is 32.0 Å². The van der Waals surface area contributed by atoms with Gasteiger partial charge in [0, 0.05) is 37.8 Å². The molecular weight excluding hydrogens is 345 g/mol. The molecule has 2 atom stereocenters. The fourth-order valence-electron chi connectivity index (χ4n) is 3.40. The molecule has 2 unspecified atom stereocenters. The minimum absolute atomic E-state index is 0.0346. The van der Waals surface area contributed by atoms with E-state index >= 15 is 0 Å². The number of benzene rings is 1. The maximum Gasteiger partial charge on any atom is 0.251 e. The van der Waals surface area contributed by atoms with Gasteiger partial charge in [0.2, 0.25) is 0 Å². The summed E-state index contributed by atoms with van der Waals surface area (Å²) in [6.45, 7) is 1.86. The van der Waals surface area contributed by atoms with Crippen LogP contribution in [0.1, 0.15) is 41.9 Å². The van der Waals surface area contributed by atoms with Crippen LogP contribution >= 0.6 is 0 Å². The summed E-state index contributed by atoms with van der Waals surface area (Å²) in [6, 6.07) is 7.72. The Balaban J connectivity index is 1.73. The van der Waals surface area contributed by atoms with Crippen LogP contribution in [0.25, 0.3) is 0 Å². The Hall–Kier alpha value is -2.70. The van der Waals surface area contributed by atoms with Crippen LogP contribution in [0.3, 0.4) is 0 Å². The second-order valence-electron chi connectivity index (χ2n) is 7.18. The molecule has 0 aliphatic heterocycles. The van der Waals surface area contributed by atoms with Crippen LogP contribution in [0.2, 0.25) is 0 Å². The minimum Gasteiger partial charge on any atom is -0.365 e. The van der Waals surface area contributed by atoms with Gasteiger partial charge in [-0.2, -0.15) is 0 Å². The van der Waals surface area contributed by atoms with Crippen molar-refractivity contribution in [3.05, 3.63) is 47.5 Å². The summed E-state index contributed by atoms with van der Waals surface area (Å²) in [5.41, 5.74) is 0.340. The summed E-state index contributed by atoms with van der Waals surface area (Å²) in [7, 11) is 3.88. The van der Waals surface area contributed by atoms with Gasteiger partial charge in [0.25, 0.3) is 5.91 Å². The molecule has 1 amide bonds. The van der Waals surface area contributed by atoms with Crippen molar-refractivity contribution in [2.75, 3.05) is 24.3 Å². The van der Waals surface area contributed by atoms with Gasteiger partial charge in [0.15, 0.2) is 0 Å². The first-order valence-corrected chi connectivity index (χ1v) is 9.28. The molecule has 1 aromatic carbocycles. The van der Waals surface area contributed by atoms with Crippen molar-refractivity contribution in [3.63, 3.8) is 0 Å². The molecule has 1 aromatic heterocycles. The number of carbonyl (C=O) groups excluding carboxylic acids is 1. The SMILES string of the molecule is Cc1nc(NC2CCCCC2NC(=O)c2cccc(F)c2)cc(N(C)C)n1. The third-order valence-corrected chi connectivity index (χ3v) is 4.79. The predicted octanol–water partition coefficient (Wildman–Crippen LogP) is 3.14. The maximum atomic E-state index is 13.4. The first-order valence-electron chi connectivity index (χ1n) is 9.28. The van der Waals surface area contributed by atoms with Gasteiger partial charge in [-0.3, -0.25) is 4.79 Å². The molecule has 7 heteroatoms. The van der Waals surface area contributed by atoms with E-state index in [9.17, 15) is 9.18 Å². The Morgan fingerprint density at radius 3 is 2.59 bits per heavy atom. The van der Waals surface area contributed by atoms with E-state index in [1.165, 1.54) is 12.1 Å². The highest BCUT2D eigenvalue weighted by Crippen LogP contribution is 2.23. The van der Waals surface area contributed by atoms with E-state index in [1.54, 1.807) is 12.1 Å². The van der Waals surface area contributed by atoms with Gasteiger partial charge < -0.3 is 15.5 Å². The molecule has 1 fully saturated rings. The van der Waals surface area contributed by atoms with Crippen LogP contribution in [0.15, 0.2) is 30.3 Å².